The van der Waals surface area contributed by atoms with Gasteiger partial charge in [-0.2, -0.15) is 0 Å². The van der Waals surface area contributed by atoms with Gasteiger partial charge in [-0.3, -0.25) is 0 Å². The van der Waals surface area contributed by atoms with Gasteiger partial charge >= 0.3 is 0 Å². The standard InChI is InChI=1S/C16H17Cl2NO2/c1-9(2)12-6-15(10(3)4-13(12)17)21-16-14(18)5-11(8-20)7-19-16/h4-7,9,20H,8H2,1-3H3. The van der Waals surface area contributed by atoms with Crippen LogP contribution in [0.5, 0.6) is 11.6 Å². The highest BCUT2D eigenvalue weighted by Gasteiger charge is 2.13. The van der Waals surface area contributed by atoms with Crippen molar-refractivity contribution in [2.45, 2.75) is 33.3 Å². The van der Waals surface area contributed by atoms with Crippen LogP contribution in [-0.2, 0) is 6.61 Å². The summed E-state index contributed by atoms with van der Waals surface area (Å²) in [6.07, 6.45) is 1.54. The highest BCUT2D eigenvalue weighted by Crippen LogP contribution is 2.35. The predicted molar refractivity (Wildman–Crippen MR) is 85.5 cm³/mol. The molecule has 0 saturated carbocycles. The Morgan fingerprint density at radius 3 is 2.48 bits per heavy atom. The summed E-state index contributed by atoms with van der Waals surface area (Å²) in [6, 6.07) is 5.43. The fourth-order valence-electron chi connectivity index (χ4n) is 1.95. The monoisotopic (exact) mass is 325 g/mol. The van der Waals surface area contributed by atoms with Gasteiger partial charge in [-0.15, -0.1) is 0 Å². The second-order valence-electron chi connectivity index (χ2n) is 5.18. The molecule has 0 fully saturated rings. The first-order chi connectivity index (χ1) is 9.92. The minimum atomic E-state index is -0.107. The highest BCUT2D eigenvalue weighted by molar-refractivity contribution is 6.32. The van der Waals surface area contributed by atoms with E-state index in [1.807, 2.05) is 19.1 Å². The van der Waals surface area contributed by atoms with Crippen LogP contribution >= 0.6 is 23.2 Å². The van der Waals surface area contributed by atoms with Crippen LogP contribution in [0.3, 0.4) is 0 Å². The second kappa shape index (κ2) is 6.65. The van der Waals surface area contributed by atoms with E-state index < -0.39 is 0 Å². The summed E-state index contributed by atoms with van der Waals surface area (Å²) in [5, 5.41) is 10.2. The van der Waals surface area contributed by atoms with E-state index in [0.717, 1.165) is 16.1 Å². The van der Waals surface area contributed by atoms with Crippen molar-refractivity contribution >= 4 is 23.2 Å². The molecular weight excluding hydrogens is 309 g/mol. The Morgan fingerprint density at radius 1 is 1.19 bits per heavy atom. The largest absolute Gasteiger partial charge is 0.437 e. The third-order valence-electron chi connectivity index (χ3n) is 3.17. The van der Waals surface area contributed by atoms with E-state index >= 15 is 0 Å². The van der Waals surface area contributed by atoms with E-state index in [9.17, 15) is 0 Å². The molecule has 0 aliphatic carbocycles. The van der Waals surface area contributed by atoms with Gasteiger partial charge in [-0.1, -0.05) is 37.0 Å². The normalized spacial score (nSPS) is 11.0. The van der Waals surface area contributed by atoms with Crippen molar-refractivity contribution in [2.24, 2.45) is 0 Å². The van der Waals surface area contributed by atoms with Gasteiger partial charge in [0.1, 0.15) is 10.8 Å². The zero-order valence-electron chi connectivity index (χ0n) is 12.2. The minimum Gasteiger partial charge on any atom is -0.437 e. The van der Waals surface area contributed by atoms with Crippen molar-refractivity contribution in [3.05, 3.63) is 51.1 Å². The van der Waals surface area contributed by atoms with Gasteiger partial charge in [0.2, 0.25) is 5.88 Å². The first-order valence-corrected chi connectivity index (χ1v) is 7.41. The molecule has 0 radical (unpaired) electrons. The van der Waals surface area contributed by atoms with Crippen LogP contribution in [0, 0.1) is 6.92 Å². The van der Waals surface area contributed by atoms with Crippen molar-refractivity contribution in [3.8, 4) is 11.6 Å². The minimum absolute atomic E-state index is 0.107. The van der Waals surface area contributed by atoms with Crippen LogP contribution in [0.1, 0.15) is 36.5 Å². The molecule has 1 N–H and O–H groups in total. The maximum Gasteiger partial charge on any atom is 0.238 e. The number of aliphatic hydroxyl groups excluding tert-OH is 1. The maximum atomic E-state index is 9.06. The van der Waals surface area contributed by atoms with Crippen molar-refractivity contribution in [1.29, 1.82) is 0 Å². The molecule has 2 aromatic rings. The summed E-state index contributed by atoms with van der Waals surface area (Å²) in [5.74, 6) is 1.28. The molecule has 0 saturated heterocycles. The Balaban J connectivity index is 2.37. The lowest BCUT2D eigenvalue weighted by Gasteiger charge is -2.14. The molecule has 112 valence electrons. The van der Waals surface area contributed by atoms with Crippen LogP contribution in [0.25, 0.3) is 0 Å². The van der Waals surface area contributed by atoms with Crippen LogP contribution < -0.4 is 4.74 Å². The smallest absolute Gasteiger partial charge is 0.238 e. The van der Waals surface area contributed by atoms with Crippen LogP contribution in [-0.4, -0.2) is 10.1 Å². The topological polar surface area (TPSA) is 42.4 Å². The van der Waals surface area contributed by atoms with Gasteiger partial charge in [0.25, 0.3) is 0 Å². The van der Waals surface area contributed by atoms with Crippen LogP contribution in [0.2, 0.25) is 10.0 Å². The van der Waals surface area contributed by atoms with E-state index in [-0.39, 0.29) is 6.61 Å². The molecule has 21 heavy (non-hydrogen) atoms. The van der Waals surface area contributed by atoms with E-state index in [0.29, 0.717) is 28.1 Å². The van der Waals surface area contributed by atoms with Gasteiger partial charge in [-0.05, 0) is 47.7 Å². The molecule has 5 heteroatoms. The Kier molecular flexibility index (Phi) is 5.09. The lowest BCUT2D eigenvalue weighted by molar-refractivity contribution is 0.281. The molecule has 0 amide bonds. The highest BCUT2D eigenvalue weighted by atomic mass is 35.5. The number of pyridine rings is 1. The number of hydrogen-bond acceptors (Lipinski definition) is 3. The van der Waals surface area contributed by atoms with Crippen molar-refractivity contribution in [2.75, 3.05) is 0 Å². The molecule has 1 aromatic carbocycles. The quantitative estimate of drug-likeness (QED) is 0.849. The number of aromatic nitrogens is 1. The molecule has 0 unspecified atom stereocenters. The molecule has 1 aromatic heterocycles. The average molecular weight is 326 g/mol. The van der Waals surface area contributed by atoms with Gasteiger partial charge in [0.15, 0.2) is 0 Å². The first-order valence-electron chi connectivity index (χ1n) is 6.65. The predicted octanol–water partition coefficient (Wildman–Crippen LogP) is 5.10. The summed E-state index contributed by atoms with van der Waals surface area (Å²) in [7, 11) is 0. The van der Waals surface area contributed by atoms with E-state index in [1.54, 1.807) is 6.07 Å². The molecule has 0 spiro atoms. The Bertz CT molecular complexity index is 657. The molecular formula is C16H17Cl2NO2. The number of aryl methyl sites for hydroxylation is 1. The van der Waals surface area contributed by atoms with Crippen molar-refractivity contribution in [1.82, 2.24) is 4.98 Å². The summed E-state index contributed by atoms with van der Waals surface area (Å²) in [4.78, 5) is 4.14. The number of rotatable bonds is 4. The Morgan fingerprint density at radius 2 is 1.90 bits per heavy atom. The third kappa shape index (κ3) is 3.67. The summed E-state index contributed by atoms with van der Waals surface area (Å²) >= 11 is 12.4. The summed E-state index contributed by atoms with van der Waals surface area (Å²) < 4.78 is 5.80. The molecule has 0 aliphatic heterocycles. The third-order valence-corrected chi connectivity index (χ3v) is 3.77. The fourth-order valence-corrected chi connectivity index (χ4v) is 2.62. The number of benzene rings is 1. The number of halogens is 2. The Hall–Kier alpha value is -1.29. The SMILES string of the molecule is Cc1cc(Cl)c(C(C)C)cc1Oc1ncc(CO)cc1Cl. The zero-order valence-corrected chi connectivity index (χ0v) is 13.7. The summed E-state index contributed by atoms with van der Waals surface area (Å²) in [6.45, 7) is 5.95. The zero-order chi connectivity index (χ0) is 15.6. The van der Waals surface area contributed by atoms with Gasteiger partial charge in [0.05, 0.1) is 6.61 Å². The number of ether oxygens (including phenoxy) is 1. The van der Waals surface area contributed by atoms with Crippen LogP contribution in [0.4, 0.5) is 0 Å². The number of nitrogens with zero attached hydrogens (tertiary/aromatic N) is 1. The molecule has 3 nitrogen and oxygen atoms in total. The molecule has 0 atom stereocenters. The second-order valence-corrected chi connectivity index (χ2v) is 6.00. The van der Waals surface area contributed by atoms with Gasteiger partial charge in [0, 0.05) is 11.2 Å². The summed E-state index contributed by atoms with van der Waals surface area (Å²) in [5.41, 5.74) is 2.57. The number of aliphatic hydroxyl groups is 1. The fraction of sp³-hybridized carbons (Fsp3) is 0.312. The molecule has 0 aliphatic rings. The lowest BCUT2D eigenvalue weighted by Crippen LogP contribution is -1.96. The van der Waals surface area contributed by atoms with Crippen molar-refractivity contribution in [3.63, 3.8) is 0 Å². The number of hydrogen-bond donors (Lipinski definition) is 1. The van der Waals surface area contributed by atoms with E-state index in [1.165, 1.54) is 6.20 Å². The van der Waals surface area contributed by atoms with Gasteiger partial charge < -0.3 is 9.84 Å². The average Bonchev–Trinajstić information content (AvgIpc) is 2.43. The molecule has 1 heterocycles. The Labute approximate surface area is 134 Å². The lowest BCUT2D eigenvalue weighted by atomic mass is 10.0. The first kappa shape index (κ1) is 16.1. The van der Waals surface area contributed by atoms with Gasteiger partial charge in [-0.25, -0.2) is 4.98 Å². The van der Waals surface area contributed by atoms with Crippen molar-refractivity contribution < 1.29 is 9.84 Å². The van der Waals surface area contributed by atoms with E-state index in [4.69, 9.17) is 33.0 Å². The van der Waals surface area contributed by atoms with E-state index in [2.05, 4.69) is 18.8 Å². The maximum absolute atomic E-state index is 9.06. The van der Waals surface area contributed by atoms with Crippen LogP contribution in [0.15, 0.2) is 24.4 Å². The molecule has 0 bridgehead atoms. The molecule has 2 rings (SSSR count).